The van der Waals surface area contributed by atoms with Crippen LogP contribution < -0.4 is 10.5 Å². The number of anilines is 1. The van der Waals surface area contributed by atoms with Gasteiger partial charge in [-0.15, -0.1) is 0 Å². The third-order valence-corrected chi connectivity index (χ3v) is 2.52. The molecule has 0 aliphatic carbocycles. The highest BCUT2D eigenvalue weighted by molar-refractivity contribution is 6.29. The Hall–Kier alpha value is -1.74. The average molecular weight is 249 g/mol. The average Bonchev–Trinajstić information content (AvgIpc) is 2.30. The number of ether oxygens (including phenoxy) is 1. The molecule has 0 amide bonds. The molecule has 0 atom stereocenters. The summed E-state index contributed by atoms with van der Waals surface area (Å²) in [5.41, 5.74) is 8.31. The Morgan fingerprint density at radius 3 is 2.65 bits per heavy atom. The second kappa shape index (κ2) is 5.06. The van der Waals surface area contributed by atoms with Crippen LogP contribution in [0.2, 0.25) is 5.15 Å². The van der Waals surface area contributed by atoms with Crippen LogP contribution in [0.25, 0.3) is 11.1 Å². The molecule has 0 unspecified atom stereocenters. The van der Waals surface area contributed by atoms with Gasteiger partial charge in [0.25, 0.3) is 0 Å². The largest absolute Gasteiger partial charge is 0.477 e. The van der Waals surface area contributed by atoms with Crippen LogP contribution in [-0.4, -0.2) is 11.6 Å². The Kier molecular flexibility index (Phi) is 3.49. The quantitative estimate of drug-likeness (QED) is 0.847. The molecule has 88 valence electrons. The van der Waals surface area contributed by atoms with Crippen LogP contribution in [0.1, 0.15) is 6.92 Å². The summed E-state index contributed by atoms with van der Waals surface area (Å²) in [5, 5.41) is 0.339. The molecule has 1 aromatic heterocycles. The van der Waals surface area contributed by atoms with E-state index in [9.17, 15) is 0 Å². The summed E-state index contributed by atoms with van der Waals surface area (Å²) in [6.07, 6.45) is 0. The van der Waals surface area contributed by atoms with Gasteiger partial charge in [0.1, 0.15) is 5.15 Å². The number of benzene rings is 1. The Morgan fingerprint density at radius 1 is 1.29 bits per heavy atom. The van der Waals surface area contributed by atoms with Gasteiger partial charge in [0.15, 0.2) is 0 Å². The van der Waals surface area contributed by atoms with Gasteiger partial charge in [-0.25, -0.2) is 4.98 Å². The van der Waals surface area contributed by atoms with Crippen molar-refractivity contribution in [2.24, 2.45) is 0 Å². The van der Waals surface area contributed by atoms with Crippen molar-refractivity contribution >= 4 is 17.3 Å². The van der Waals surface area contributed by atoms with E-state index in [1.54, 1.807) is 6.07 Å². The standard InChI is InChI=1S/C13H13ClN2O/c1-2-17-13-12(9-6-4-3-5-7-9)10(15)8-11(14)16-13/h3-8H,2H2,1H3,(H2,15,16). The molecule has 0 fully saturated rings. The van der Waals surface area contributed by atoms with Crippen LogP contribution in [-0.2, 0) is 0 Å². The predicted molar refractivity (Wildman–Crippen MR) is 70.3 cm³/mol. The number of hydrogen-bond acceptors (Lipinski definition) is 3. The van der Waals surface area contributed by atoms with Gasteiger partial charge in [-0.2, -0.15) is 0 Å². The van der Waals surface area contributed by atoms with Crippen molar-refractivity contribution in [1.29, 1.82) is 0 Å². The summed E-state index contributed by atoms with van der Waals surface area (Å²) in [7, 11) is 0. The van der Waals surface area contributed by atoms with Crippen LogP contribution in [0.4, 0.5) is 5.69 Å². The second-order valence-electron chi connectivity index (χ2n) is 3.51. The number of nitrogens with zero attached hydrogens (tertiary/aromatic N) is 1. The van der Waals surface area contributed by atoms with E-state index >= 15 is 0 Å². The van der Waals surface area contributed by atoms with E-state index in [1.165, 1.54) is 0 Å². The van der Waals surface area contributed by atoms with Gasteiger partial charge in [0.2, 0.25) is 5.88 Å². The molecular formula is C13H13ClN2O. The van der Waals surface area contributed by atoms with Crippen molar-refractivity contribution in [2.75, 3.05) is 12.3 Å². The molecule has 1 aromatic carbocycles. The number of rotatable bonds is 3. The Bertz CT molecular complexity index is 514. The molecule has 0 saturated heterocycles. The third-order valence-electron chi connectivity index (χ3n) is 2.33. The molecule has 2 aromatic rings. The van der Waals surface area contributed by atoms with Crippen LogP contribution in [0, 0.1) is 0 Å². The number of nitrogen functional groups attached to an aromatic ring is 1. The molecule has 1 heterocycles. The number of nitrogens with two attached hydrogens (primary N) is 1. The first-order valence-electron chi connectivity index (χ1n) is 5.36. The Labute approximate surface area is 105 Å². The molecule has 0 spiro atoms. The van der Waals surface area contributed by atoms with Crippen molar-refractivity contribution < 1.29 is 4.74 Å². The predicted octanol–water partition coefficient (Wildman–Crippen LogP) is 3.38. The Morgan fingerprint density at radius 2 is 2.00 bits per heavy atom. The van der Waals surface area contributed by atoms with Gasteiger partial charge in [-0.3, -0.25) is 0 Å². The van der Waals surface area contributed by atoms with E-state index in [2.05, 4.69) is 4.98 Å². The number of hydrogen-bond donors (Lipinski definition) is 1. The lowest BCUT2D eigenvalue weighted by atomic mass is 10.1. The summed E-state index contributed by atoms with van der Waals surface area (Å²) in [5.74, 6) is 0.476. The lowest BCUT2D eigenvalue weighted by Crippen LogP contribution is -2.00. The number of halogens is 1. The fourth-order valence-electron chi connectivity index (χ4n) is 1.65. The first-order valence-corrected chi connectivity index (χ1v) is 5.74. The normalized spacial score (nSPS) is 10.2. The zero-order valence-corrected chi connectivity index (χ0v) is 10.2. The number of aromatic nitrogens is 1. The van der Waals surface area contributed by atoms with Crippen molar-refractivity contribution in [2.45, 2.75) is 6.92 Å². The summed E-state index contributed by atoms with van der Waals surface area (Å²) < 4.78 is 5.48. The zero-order valence-electron chi connectivity index (χ0n) is 9.48. The zero-order chi connectivity index (χ0) is 12.3. The maximum Gasteiger partial charge on any atom is 0.224 e. The van der Waals surface area contributed by atoms with Gasteiger partial charge in [0.05, 0.1) is 12.2 Å². The van der Waals surface area contributed by atoms with Gasteiger partial charge < -0.3 is 10.5 Å². The fourth-order valence-corrected chi connectivity index (χ4v) is 1.84. The minimum Gasteiger partial charge on any atom is -0.477 e. The minimum absolute atomic E-state index is 0.339. The number of pyridine rings is 1. The van der Waals surface area contributed by atoms with Crippen molar-refractivity contribution in [3.63, 3.8) is 0 Å². The molecule has 2 rings (SSSR count). The molecule has 0 aliphatic rings. The Balaban J connectivity index is 2.59. The molecule has 17 heavy (non-hydrogen) atoms. The van der Waals surface area contributed by atoms with E-state index in [1.807, 2.05) is 37.3 Å². The summed E-state index contributed by atoms with van der Waals surface area (Å²) in [6, 6.07) is 11.4. The third kappa shape index (κ3) is 2.50. The highest BCUT2D eigenvalue weighted by atomic mass is 35.5. The molecular weight excluding hydrogens is 236 g/mol. The fraction of sp³-hybridized carbons (Fsp3) is 0.154. The van der Waals surface area contributed by atoms with Crippen molar-refractivity contribution in [1.82, 2.24) is 4.98 Å². The topological polar surface area (TPSA) is 48.1 Å². The van der Waals surface area contributed by atoms with E-state index in [-0.39, 0.29) is 0 Å². The highest BCUT2D eigenvalue weighted by Crippen LogP contribution is 2.35. The summed E-state index contributed by atoms with van der Waals surface area (Å²) >= 11 is 5.87. The van der Waals surface area contributed by atoms with Crippen LogP contribution >= 0.6 is 11.6 Å². The van der Waals surface area contributed by atoms with Crippen LogP contribution in [0.15, 0.2) is 36.4 Å². The molecule has 0 bridgehead atoms. The monoisotopic (exact) mass is 248 g/mol. The van der Waals surface area contributed by atoms with E-state index in [4.69, 9.17) is 22.1 Å². The maximum atomic E-state index is 5.98. The molecule has 0 saturated carbocycles. The molecule has 2 N–H and O–H groups in total. The maximum absolute atomic E-state index is 5.98. The summed E-state index contributed by atoms with van der Waals surface area (Å²) in [4.78, 5) is 4.16. The molecule has 3 nitrogen and oxygen atoms in total. The van der Waals surface area contributed by atoms with E-state index < -0.39 is 0 Å². The first kappa shape index (κ1) is 11.7. The SMILES string of the molecule is CCOc1nc(Cl)cc(N)c1-c1ccccc1. The second-order valence-corrected chi connectivity index (χ2v) is 3.90. The van der Waals surface area contributed by atoms with Gasteiger partial charge in [-0.1, -0.05) is 41.9 Å². The smallest absolute Gasteiger partial charge is 0.224 e. The lowest BCUT2D eigenvalue weighted by Gasteiger charge is -2.12. The lowest BCUT2D eigenvalue weighted by molar-refractivity contribution is 0.328. The highest BCUT2D eigenvalue weighted by Gasteiger charge is 2.13. The van der Waals surface area contributed by atoms with Gasteiger partial charge in [-0.05, 0) is 18.6 Å². The van der Waals surface area contributed by atoms with E-state index in [0.717, 1.165) is 11.1 Å². The van der Waals surface area contributed by atoms with Crippen LogP contribution in [0.3, 0.4) is 0 Å². The van der Waals surface area contributed by atoms with Gasteiger partial charge >= 0.3 is 0 Å². The van der Waals surface area contributed by atoms with E-state index in [0.29, 0.717) is 23.3 Å². The summed E-state index contributed by atoms with van der Waals surface area (Å²) in [6.45, 7) is 2.42. The van der Waals surface area contributed by atoms with Crippen molar-refractivity contribution in [3.8, 4) is 17.0 Å². The van der Waals surface area contributed by atoms with Crippen LogP contribution in [0.5, 0.6) is 5.88 Å². The molecule has 4 heteroatoms. The molecule has 0 radical (unpaired) electrons. The molecule has 0 aliphatic heterocycles. The van der Waals surface area contributed by atoms with Crippen molar-refractivity contribution in [3.05, 3.63) is 41.6 Å². The minimum atomic E-state index is 0.339. The van der Waals surface area contributed by atoms with Gasteiger partial charge in [0, 0.05) is 5.69 Å². The first-order chi connectivity index (χ1) is 8.22.